The highest BCUT2D eigenvalue weighted by atomic mass is 15.1. The normalized spacial score (nSPS) is 10.8. The maximum Gasteiger partial charge on any atom is 0.227 e. The first-order valence-corrected chi connectivity index (χ1v) is 5.97. The minimum atomic E-state index is 0.668. The molecule has 2 aromatic carbocycles. The lowest BCUT2D eigenvalue weighted by Crippen LogP contribution is -1.92. The van der Waals surface area contributed by atoms with Crippen molar-refractivity contribution in [3.63, 3.8) is 0 Å². The molecule has 0 atom stereocenters. The molecule has 1 aromatic heterocycles. The van der Waals surface area contributed by atoms with Gasteiger partial charge in [0.2, 0.25) is 5.95 Å². The number of hydrogen-bond donors (Lipinski definition) is 1. The van der Waals surface area contributed by atoms with Crippen molar-refractivity contribution in [1.82, 2.24) is 15.3 Å². The number of aromatic nitrogens is 2. The average Bonchev–Trinajstić information content (AvgIpc) is 2.69. The number of aryl methyl sites for hydroxylation is 2. The van der Waals surface area contributed by atoms with E-state index in [9.17, 15) is 0 Å². The van der Waals surface area contributed by atoms with Gasteiger partial charge in [0.25, 0.3) is 0 Å². The van der Waals surface area contributed by atoms with Crippen LogP contribution < -0.4 is 5.32 Å². The summed E-state index contributed by atoms with van der Waals surface area (Å²) in [5.74, 6) is 0.668. The minimum absolute atomic E-state index is 0.668. The van der Waals surface area contributed by atoms with Crippen molar-refractivity contribution >= 4 is 22.4 Å². The van der Waals surface area contributed by atoms with Crippen molar-refractivity contribution in [1.29, 1.82) is 0 Å². The molecule has 0 bridgehead atoms. The van der Waals surface area contributed by atoms with E-state index in [1.54, 1.807) is 0 Å². The smallest absolute Gasteiger partial charge is 0.227 e. The van der Waals surface area contributed by atoms with Gasteiger partial charge in [0.1, 0.15) is 0 Å². The molecule has 3 heteroatoms. The zero-order chi connectivity index (χ0) is 12.5. The van der Waals surface area contributed by atoms with Gasteiger partial charge in [-0.15, -0.1) is 0 Å². The van der Waals surface area contributed by atoms with E-state index in [-0.39, 0.29) is 0 Å². The largest absolute Gasteiger partial charge is 0.326 e. The van der Waals surface area contributed by atoms with E-state index in [4.69, 9.17) is 0 Å². The Labute approximate surface area is 106 Å². The molecule has 1 N–H and O–H groups in total. The number of hydrogen-bond acceptors (Lipinski definition) is 1. The Bertz CT molecular complexity index is 673. The molecule has 0 aliphatic heterocycles. The number of nitrogens with zero attached hydrogens (tertiary/aromatic N) is 2. The van der Waals surface area contributed by atoms with Crippen LogP contribution >= 0.6 is 0 Å². The average molecular weight is 236 g/mol. The molecule has 0 unspecified atom stereocenters. The Morgan fingerprint density at radius 1 is 1.00 bits per heavy atom. The highest BCUT2D eigenvalue weighted by Gasteiger charge is 2.06. The summed E-state index contributed by atoms with van der Waals surface area (Å²) in [6, 6.07) is 14.4. The number of nitrogens with one attached hydrogen (secondary N) is 1. The summed E-state index contributed by atoms with van der Waals surface area (Å²) in [7, 11) is 0. The van der Waals surface area contributed by atoms with Crippen molar-refractivity contribution in [2.75, 3.05) is 0 Å². The molecular formula is C15H14N3. The quantitative estimate of drug-likeness (QED) is 0.723. The van der Waals surface area contributed by atoms with E-state index < -0.39 is 0 Å². The van der Waals surface area contributed by atoms with Gasteiger partial charge in [0.05, 0.1) is 11.4 Å². The molecule has 0 spiro atoms. The van der Waals surface area contributed by atoms with E-state index in [1.807, 2.05) is 38.1 Å². The van der Waals surface area contributed by atoms with Gasteiger partial charge >= 0.3 is 0 Å². The lowest BCUT2D eigenvalue weighted by molar-refractivity contribution is 1.06. The summed E-state index contributed by atoms with van der Waals surface area (Å²) >= 11 is 0. The van der Waals surface area contributed by atoms with Crippen LogP contribution in [0.4, 0.5) is 11.6 Å². The Kier molecular flexibility index (Phi) is 2.52. The first-order valence-electron chi connectivity index (χ1n) is 5.97. The predicted molar refractivity (Wildman–Crippen MR) is 73.5 cm³/mol. The second kappa shape index (κ2) is 4.18. The van der Waals surface area contributed by atoms with Gasteiger partial charge in [-0.05, 0) is 25.3 Å². The summed E-state index contributed by atoms with van der Waals surface area (Å²) in [6.45, 7) is 3.98. The fourth-order valence-electron chi connectivity index (χ4n) is 2.00. The van der Waals surface area contributed by atoms with E-state index in [0.29, 0.717) is 5.95 Å². The van der Waals surface area contributed by atoms with Crippen molar-refractivity contribution in [2.45, 2.75) is 13.8 Å². The van der Waals surface area contributed by atoms with E-state index >= 15 is 0 Å². The fraction of sp³-hybridized carbons (Fsp3) is 0.133. The van der Waals surface area contributed by atoms with E-state index in [1.165, 1.54) is 5.39 Å². The van der Waals surface area contributed by atoms with Gasteiger partial charge in [-0.2, -0.15) is 0 Å². The maximum atomic E-state index is 4.58. The summed E-state index contributed by atoms with van der Waals surface area (Å²) in [4.78, 5) is 7.57. The number of benzene rings is 2. The molecule has 0 aliphatic rings. The van der Waals surface area contributed by atoms with Crippen LogP contribution in [0.2, 0.25) is 0 Å². The molecule has 89 valence electrons. The van der Waals surface area contributed by atoms with Gasteiger partial charge in [0, 0.05) is 11.1 Å². The molecule has 0 saturated carbocycles. The van der Waals surface area contributed by atoms with Gasteiger partial charge in [-0.1, -0.05) is 36.4 Å². The Morgan fingerprint density at radius 2 is 1.78 bits per heavy atom. The summed E-state index contributed by atoms with van der Waals surface area (Å²) < 4.78 is 0. The second-order valence-electron chi connectivity index (χ2n) is 4.38. The standard InChI is InChI=1S/C15H14N3/c1-10-11(2)17-15(16-10)18-14-9-5-7-12-6-3-4-8-13(12)14/h3-9H,1-2H3,(H,16,17). The minimum Gasteiger partial charge on any atom is -0.326 e. The molecule has 0 amide bonds. The van der Waals surface area contributed by atoms with Crippen LogP contribution in [0.25, 0.3) is 10.8 Å². The molecule has 18 heavy (non-hydrogen) atoms. The summed E-state index contributed by atoms with van der Waals surface area (Å²) in [5.41, 5.74) is 3.00. The van der Waals surface area contributed by atoms with Crippen LogP contribution in [0, 0.1) is 13.8 Å². The number of imidazole rings is 1. The van der Waals surface area contributed by atoms with Crippen LogP contribution in [0.5, 0.6) is 0 Å². The van der Waals surface area contributed by atoms with Crippen LogP contribution in [-0.4, -0.2) is 9.97 Å². The van der Waals surface area contributed by atoms with E-state index in [2.05, 4.69) is 33.5 Å². The molecular weight excluding hydrogens is 222 g/mol. The zero-order valence-corrected chi connectivity index (χ0v) is 10.4. The Morgan fingerprint density at radius 3 is 2.56 bits per heavy atom. The monoisotopic (exact) mass is 236 g/mol. The van der Waals surface area contributed by atoms with Gasteiger partial charge in [0.15, 0.2) is 0 Å². The zero-order valence-electron chi connectivity index (χ0n) is 10.4. The third kappa shape index (κ3) is 1.84. The highest BCUT2D eigenvalue weighted by molar-refractivity contribution is 5.92. The van der Waals surface area contributed by atoms with Gasteiger partial charge in [-0.25, -0.2) is 10.3 Å². The number of aromatic amines is 1. The third-order valence-electron chi connectivity index (χ3n) is 3.11. The lowest BCUT2D eigenvalue weighted by atomic mass is 10.1. The van der Waals surface area contributed by atoms with Gasteiger partial charge < -0.3 is 4.98 Å². The molecule has 3 nitrogen and oxygen atoms in total. The third-order valence-corrected chi connectivity index (χ3v) is 3.11. The van der Waals surface area contributed by atoms with Crippen LogP contribution in [0.1, 0.15) is 11.4 Å². The molecule has 3 aromatic rings. The lowest BCUT2D eigenvalue weighted by Gasteiger charge is -2.04. The molecule has 3 rings (SSSR count). The van der Waals surface area contributed by atoms with Crippen molar-refractivity contribution in [3.8, 4) is 0 Å². The second-order valence-corrected chi connectivity index (χ2v) is 4.38. The first kappa shape index (κ1) is 10.8. The highest BCUT2D eigenvalue weighted by Crippen LogP contribution is 2.25. The Balaban J connectivity index is 2.04. The van der Waals surface area contributed by atoms with Crippen molar-refractivity contribution in [2.24, 2.45) is 0 Å². The fourth-order valence-corrected chi connectivity index (χ4v) is 2.00. The van der Waals surface area contributed by atoms with Gasteiger partial charge in [-0.3, -0.25) is 0 Å². The molecule has 0 saturated heterocycles. The van der Waals surface area contributed by atoms with Crippen LogP contribution in [0.3, 0.4) is 0 Å². The number of H-pyrrole nitrogens is 1. The number of rotatable bonds is 2. The summed E-state index contributed by atoms with van der Waals surface area (Å²) in [6.07, 6.45) is 0. The van der Waals surface area contributed by atoms with Crippen LogP contribution in [-0.2, 0) is 0 Å². The first-order chi connectivity index (χ1) is 8.74. The van der Waals surface area contributed by atoms with Crippen molar-refractivity contribution < 1.29 is 0 Å². The predicted octanol–water partition coefficient (Wildman–Crippen LogP) is 3.75. The number of fused-ring (bicyclic) bond motifs is 1. The molecule has 0 aliphatic carbocycles. The topological polar surface area (TPSA) is 42.8 Å². The van der Waals surface area contributed by atoms with Crippen LogP contribution in [0.15, 0.2) is 42.5 Å². The molecule has 1 heterocycles. The molecule has 1 radical (unpaired) electrons. The SMILES string of the molecule is Cc1nc([N]c2cccc3ccccc23)[nH]c1C. The van der Waals surface area contributed by atoms with Crippen molar-refractivity contribution in [3.05, 3.63) is 53.9 Å². The molecule has 0 fully saturated rings. The van der Waals surface area contributed by atoms with E-state index in [0.717, 1.165) is 22.5 Å². The summed E-state index contributed by atoms with van der Waals surface area (Å²) in [5, 5.41) is 6.92. The maximum absolute atomic E-state index is 4.58. The Hall–Kier alpha value is -2.29.